The van der Waals surface area contributed by atoms with Crippen LogP contribution in [0, 0.1) is 5.82 Å². The smallest absolute Gasteiger partial charge is 0.141 e. The topological polar surface area (TPSA) is 17.1 Å². The van der Waals surface area contributed by atoms with Crippen LogP contribution in [0.4, 0.5) is 4.39 Å². The summed E-state index contributed by atoms with van der Waals surface area (Å²) in [5, 5.41) is 0.627. The molecular formula is C15H12ClFO. The van der Waals surface area contributed by atoms with Gasteiger partial charge in [0.2, 0.25) is 0 Å². The molecule has 0 aliphatic heterocycles. The van der Waals surface area contributed by atoms with Crippen LogP contribution in [0.3, 0.4) is 0 Å². The number of carbonyl (C=O) groups excluding carboxylic acids is 1. The zero-order valence-corrected chi connectivity index (χ0v) is 10.5. The molecule has 0 aromatic heterocycles. The number of rotatable bonds is 4. The fraction of sp³-hybridized carbons (Fsp3) is 0.133. The lowest BCUT2D eigenvalue weighted by molar-refractivity contribution is -0.117. The van der Waals surface area contributed by atoms with Crippen LogP contribution in [0.15, 0.2) is 48.5 Å². The summed E-state index contributed by atoms with van der Waals surface area (Å²) in [5.74, 6) is -0.204. The molecule has 0 fully saturated rings. The maximum Gasteiger partial charge on any atom is 0.141 e. The minimum Gasteiger partial charge on any atom is -0.299 e. The summed E-state index contributed by atoms with van der Waals surface area (Å²) in [4.78, 5) is 11.8. The Balaban J connectivity index is 1.98. The molecule has 0 aliphatic rings. The molecule has 0 saturated heterocycles. The minimum atomic E-state index is -0.291. The minimum absolute atomic E-state index is 0.0869. The summed E-state index contributed by atoms with van der Waals surface area (Å²) in [6, 6.07) is 13.2. The maximum absolute atomic E-state index is 12.7. The van der Waals surface area contributed by atoms with Crippen LogP contribution in [0.25, 0.3) is 0 Å². The first-order valence-electron chi connectivity index (χ1n) is 5.64. The lowest BCUT2D eigenvalue weighted by Gasteiger charge is -2.02. The number of halogens is 2. The van der Waals surface area contributed by atoms with Crippen LogP contribution >= 0.6 is 11.6 Å². The number of hydrogen-bond donors (Lipinski definition) is 0. The van der Waals surface area contributed by atoms with Crippen molar-refractivity contribution >= 4 is 17.4 Å². The quantitative estimate of drug-likeness (QED) is 0.818. The highest BCUT2D eigenvalue weighted by Gasteiger charge is 2.06. The van der Waals surface area contributed by atoms with Gasteiger partial charge in [-0.25, -0.2) is 4.39 Å². The maximum atomic E-state index is 12.7. The zero-order valence-electron chi connectivity index (χ0n) is 9.70. The Bertz CT molecular complexity index is 549. The SMILES string of the molecule is O=C(Cc1ccc(F)cc1)Cc1cccc(Cl)c1. The van der Waals surface area contributed by atoms with E-state index in [1.165, 1.54) is 12.1 Å². The number of ketones is 1. The van der Waals surface area contributed by atoms with Gasteiger partial charge < -0.3 is 0 Å². The average molecular weight is 263 g/mol. The highest BCUT2D eigenvalue weighted by Crippen LogP contribution is 2.12. The van der Waals surface area contributed by atoms with Crippen molar-refractivity contribution in [3.63, 3.8) is 0 Å². The summed E-state index contributed by atoms with van der Waals surface area (Å²) >= 11 is 5.85. The second-order valence-electron chi connectivity index (χ2n) is 4.15. The zero-order chi connectivity index (χ0) is 13.0. The van der Waals surface area contributed by atoms with E-state index in [0.717, 1.165) is 11.1 Å². The van der Waals surface area contributed by atoms with E-state index in [1.807, 2.05) is 12.1 Å². The second kappa shape index (κ2) is 5.78. The summed E-state index contributed by atoms with van der Waals surface area (Å²) in [5.41, 5.74) is 1.72. The van der Waals surface area contributed by atoms with Crippen LogP contribution in [0.2, 0.25) is 5.02 Å². The number of carbonyl (C=O) groups is 1. The summed E-state index contributed by atoms with van der Waals surface area (Å²) in [6.07, 6.45) is 0.657. The molecule has 2 rings (SSSR count). The molecule has 1 nitrogen and oxygen atoms in total. The van der Waals surface area contributed by atoms with Crippen LogP contribution < -0.4 is 0 Å². The van der Waals surface area contributed by atoms with Gasteiger partial charge in [-0.05, 0) is 35.4 Å². The standard InChI is InChI=1S/C15H12ClFO/c16-13-3-1-2-12(8-13)10-15(18)9-11-4-6-14(17)7-5-11/h1-8H,9-10H2. The first kappa shape index (κ1) is 12.8. The van der Waals surface area contributed by atoms with Crippen LogP contribution in [0.1, 0.15) is 11.1 Å². The largest absolute Gasteiger partial charge is 0.299 e. The Hall–Kier alpha value is -1.67. The Labute approximate surface area is 110 Å². The first-order chi connectivity index (χ1) is 8.63. The van der Waals surface area contributed by atoms with Crippen molar-refractivity contribution in [3.8, 4) is 0 Å². The summed E-state index contributed by atoms with van der Waals surface area (Å²) < 4.78 is 12.7. The fourth-order valence-corrected chi connectivity index (χ4v) is 1.98. The molecule has 18 heavy (non-hydrogen) atoms. The molecule has 0 atom stereocenters. The average Bonchev–Trinajstić information content (AvgIpc) is 2.32. The summed E-state index contributed by atoms with van der Waals surface area (Å²) in [7, 11) is 0. The third-order valence-corrected chi connectivity index (χ3v) is 2.84. The predicted octanol–water partition coefficient (Wildman–Crippen LogP) is 3.83. The highest BCUT2D eigenvalue weighted by atomic mass is 35.5. The molecule has 2 aromatic rings. The van der Waals surface area contributed by atoms with Crippen molar-refractivity contribution in [2.75, 3.05) is 0 Å². The molecule has 0 bridgehead atoms. The van der Waals surface area contributed by atoms with Crippen molar-refractivity contribution < 1.29 is 9.18 Å². The van der Waals surface area contributed by atoms with Gasteiger partial charge in [0, 0.05) is 17.9 Å². The van der Waals surface area contributed by atoms with Crippen molar-refractivity contribution in [1.29, 1.82) is 0 Å². The number of hydrogen-bond acceptors (Lipinski definition) is 1. The van der Waals surface area contributed by atoms with Gasteiger partial charge in [-0.15, -0.1) is 0 Å². The summed E-state index contributed by atoms with van der Waals surface area (Å²) in [6.45, 7) is 0. The second-order valence-corrected chi connectivity index (χ2v) is 4.59. The Morgan fingerprint density at radius 1 is 1.00 bits per heavy atom. The van der Waals surface area contributed by atoms with E-state index >= 15 is 0 Å². The normalized spacial score (nSPS) is 10.3. The van der Waals surface area contributed by atoms with Gasteiger partial charge in [-0.2, -0.15) is 0 Å². The predicted molar refractivity (Wildman–Crippen MR) is 70.3 cm³/mol. The van der Waals surface area contributed by atoms with Crippen LogP contribution in [0.5, 0.6) is 0 Å². The Morgan fingerprint density at radius 3 is 2.33 bits per heavy atom. The van der Waals surface area contributed by atoms with Crippen LogP contribution in [-0.4, -0.2) is 5.78 Å². The van der Waals surface area contributed by atoms with Crippen molar-refractivity contribution in [2.24, 2.45) is 0 Å². The van der Waals surface area contributed by atoms with Crippen molar-refractivity contribution in [3.05, 3.63) is 70.5 Å². The fourth-order valence-electron chi connectivity index (χ4n) is 1.77. The molecule has 2 aromatic carbocycles. The Morgan fingerprint density at radius 2 is 1.67 bits per heavy atom. The van der Waals surface area contributed by atoms with Gasteiger partial charge in [0.25, 0.3) is 0 Å². The Kier molecular flexibility index (Phi) is 4.11. The van der Waals surface area contributed by atoms with E-state index in [1.54, 1.807) is 24.3 Å². The molecule has 0 heterocycles. The molecular weight excluding hydrogens is 251 g/mol. The monoisotopic (exact) mass is 262 g/mol. The first-order valence-corrected chi connectivity index (χ1v) is 6.02. The molecule has 0 spiro atoms. The molecule has 0 saturated carbocycles. The van der Waals surface area contributed by atoms with Gasteiger partial charge in [-0.3, -0.25) is 4.79 Å². The number of Topliss-reactive ketones (excluding diaryl/α,β-unsaturated/α-hetero) is 1. The molecule has 3 heteroatoms. The van der Waals surface area contributed by atoms with Gasteiger partial charge in [-0.1, -0.05) is 35.9 Å². The van der Waals surface area contributed by atoms with Gasteiger partial charge in [0.1, 0.15) is 11.6 Å². The third-order valence-electron chi connectivity index (χ3n) is 2.60. The lowest BCUT2D eigenvalue weighted by atomic mass is 10.0. The highest BCUT2D eigenvalue weighted by molar-refractivity contribution is 6.30. The van der Waals surface area contributed by atoms with E-state index in [-0.39, 0.29) is 11.6 Å². The number of benzene rings is 2. The van der Waals surface area contributed by atoms with Crippen molar-refractivity contribution in [1.82, 2.24) is 0 Å². The van der Waals surface area contributed by atoms with Gasteiger partial charge in [0.05, 0.1) is 0 Å². The molecule has 92 valence electrons. The van der Waals surface area contributed by atoms with E-state index < -0.39 is 0 Å². The third kappa shape index (κ3) is 3.67. The molecule has 0 amide bonds. The van der Waals surface area contributed by atoms with E-state index in [2.05, 4.69) is 0 Å². The van der Waals surface area contributed by atoms with Crippen molar-refractivity contribution in [2.45, 2.75) is 12.8 Å². The van der Waals surface area contributed by atoms with Gasteiger partial charge in [0.15, 0.2) is 0 Å². The van der Waals surface area contributed by atoms with E-state index in [9.17, 15) is 9.18 Å². The molecule has 0 N–H and O–H groups in total. The van der Waals surface area contributed by atoms with E-state index in [4.69, 9.17) is 11.6 Å². The van der Waals surface area contributed by atoms with E-state index in [0.29, 0.717) is 17.9 Å². The molecule has 0 aliphatic carbocycles. The van der Waals surface area contributed by atoms with Gasteiger partial charge >= 0.3 is 0 Å². The molecule has 0 unspecified atom stereocenters. The van der Waals surface area contributed by atoms with Crippen LogP contribution in [-0.2, 0) is 17.6 Å². The lowest BCUT2D eigenvalue weighted by Crippen LogP contribution is -2.06. The molecule has 0 radical (unpaired) electrons.